The fraction of sp³-hybridized carbons (Fsp3) is 0.333. The smallest absolute Gasteiger partial charge is 0.355 e. The van der Waals surface area contributed by atoms with Crippen LogP contribution in [-0.4, -0.2) is 41.5 Å². The Bertz CT molecular complexity index is 753. The summed E-state index contributed by atoms with van der Waals surface area (Å²) >= 11 is 3.26. The first-order valence-electron chi connectivity index (χ1n) is 8.00. The summed E-state index contributed by atoms with van der Waals surface area (Å²) in [6.45, 7) is 0.237. The minimum Gasteiger partial charge on any atom is -0.497 e. The van der Waals surface area contributed by atoms with Crippen LogP contribution in [0.4, 0.5) is 0 Å². The minimum absolute atomic E-state index is 0.183. The van der Waals surface area contributed by atoms with Crippen LogP contribution in [0.5, 0.6) is 5.75 Å². The number of H-pyrrole nitrogens is 1. The van der Waals surface area contributed by atoms with Gasteiger partial charge in [0.1, 0.15) is 11.4 Å². The zero-order valence-corrected chi connectivity index (χ0v) is 15.4. The van der Waals surface area contributed by atoms with Crippen molar-refractivity contribution in [3.8, 4) is 5.75 Å². The van der Waals surface area contributed by atoms with Gasteiger partial charge in [0, 0.05) is 23.3 Å². The zero-order chi connectivity index (χ0) is 17.8. The number of aromatic amines is 1. The third-order valence-electron chi connectivity index (χ3n) is 4.01. The monoisotopic (exact) mass is 406 g/mol. The molecule has 132 valence electrons. The van der Waals surface area contributed by atoms with E-state index in [1.807, 2.05) is 24.3 Å². The standard InChI is InChI=1S/C18H19BrN2O4/c1-24-15-6-2-12(3-7-15)10-21(14-4-5-14)17(22)11-25-18(23)16-8-13(19)9-20-16/h2-3,6-9,14,20H,4-5,10-11H2,1H3. The van der Waals surface area contributed by atoms with E-state index in [2.05, 4.69) is 20.9 Å². The number of methoxy groups -OCH3 is 1. The predicted octanol–water partition coefficient (Wildman–Crippen LogP) is 3.13. The summed E-state index contributed by atoms with van der Waals surface area (Å²) in [7, 11) is 1.62. The van der Waals surface area contributed by atoms with Gasteiger partial charge < -0.3 is 19.4 Å². The van der Waals surface area contributed by atoms with E-state index >= 15 is 0 Å². The molecule has 0 spiro atoms. The van der Waals surface area contributed by atoms with E-state index < -0.39 is 5.97 Å². The van der Waals surface area contributed by atoms with Crippen molar-refractivity contribution in [2.24, 2.45) is 0 Å². The lowest BCUT2D eigenvalue weighted by molar-refractivity contribution is -0.135. The molecule has 1 aromatic carbocycles. The fourth-order valence-electron chi connectivity index (χ4n) is 2.51. The van der Waals surface area contributed by atoms with Gasteiger partial charge in [-0.2, -0.15) is 0 Å². The van der Waals surface area contributed by atoms with Gasteiger partial charge in [-0.3, -0.25) is 4.79 Å². The number of ether oxygens (including phenoxy) is 2. The maximum Gasteiger partial charge on any atom is 0.355 e. The SMILES string of the molecule is COc1ccc(CN(C(=O)COC(=O)c2cc(Br)c[nH]2)C2CC2)cc1. The van der Waals surface area contributed by atoms with E-state index in [1.165, 1.54) is 0 Å². The molecule has 1 aliphatic rings. The minimum atomic E-state index is -0.542. The molecular formula is C18H19BrN2O4. The van der Waals surface area contributed by atoms with Crippen molar-refractivity contribution in [3.63, 3.8) is 0 Å². The van der Waals surface area contributed by atoms with Crippen molar-refractivity contribution in [1.29, 1.82) is 0 Å². The maximum absolute atomic E-state index is 12.5. The van der Waals surface area contributed by atoms with Crippen molar-refractivity contribution in [2.75, 3.05) is 13.7 Å². The number of aromatic nitrogens is 1. The molecule has 1 N–H and O–H groups in total. The quantitative estimate of drug-likeness (QED) is 0.716. The Kier molecular flexibility index (Phi) is 5.43. The summed E-state index contributed by atoms with van der Waals surface area (Å²) in [5.74, 6) is 0.0515. The molecule has 0 saturated heterocycles. The largest absolute Gasteiger partial charge is 0.497 e. The van der Waals surface area contributed by atoms with Crippen LogP contribution in [0.3, 0.4) is 0 Å². The Hall–Kier alpha value is -2.28. The highest BCUT2D eigenvalue weighted by Gasteiger charge is 2.33. The number of esters is 1. The fourth-order valence-corrected chi connectivity index (χ4v) is 2.85. The molecule has 3 rings (SSSR count). The molecule has 25 heavy (non-hydrogen) atoms. The lowest BCUT2D eigenvalue weighted by Gasteiger charge is -2.22. The van der Waals surface area contributed by atoms with Crippen LogP contribution in [-0.2, 0) is 16.1 Å². The number of hydrogen-bond acceptors (Lipinski definition) is 4. The second-order valence-corrected chi connectivity index (χ2v) is 6.82. The molecule has 2 aromatic rings. The molecule has 0 radical (unpaired) electrons. The molecule has 1 saturated carbocycles. The molecular weight excluding hydrogens is 388 g/mol. The molecule has 0 atom stereocenters. The predicted molar refractivity (Wildman–Crippen MR) is 95.3 cm³/mol. The van der Waals surface area contributed by atoms with E-state index in [9.17, 15) is 9.59 Å². The number of amides is 1. The Balaban J connectivity index is 1.58. The van der Waals surface area contributed by atoms with E-state index in [0.29, 0.717) is 12.2 Å². The van der Waals surface area contributed by atoms with Crippen LogP contribution in [0.2, 0.25) is 0 Å². The number of nitrogens with zero attached hydrogens (tertiary/aromatic N) is 1. The van der Waals surface area contributed by atoms with Gasteiger partial charge in [-0.25, -0.2) is 4.79 Å². The van der Waals surface area contributed by atoms with Gasteiger partial charge >= 0.3 is 5.97 Å². The topological polar surface area (TPSA) is 71.6 Å². The second-order valence-electron chi connectivity index (χ2n) is 5.91. The zero-order valence-electron chi connectivity index (χ0n) is 13.8. The Labute approximate surface area is 154 Å². The molecule has 7 heteroatoms. The third-order valence-corrected chi connectivity index (χ3v) is 4.47. The number of benzene rings is 1. The number of hydrogen-bond donors (Lipinski definition) is 1. The van der Waals surface area contributed by atoms with Gasteiger partial charge in [0.15, 0.2) is 6.61 Å². The van der Waals surface area contributed by atoms with Crippen LogP contribution >= 0.6 is 15.9 Å². The first kappa shape index (κ1) is 17.5. The molecule has 0 aliphatic heterocycles. The van der Waals surface area contributed by atoms with E-state index in [0.717, 1.165) is 28.6 Å². The van der Waals surface area contributed by atoms with Crippen LogP contribution in [0.1, 0.15) is 28.9 Å². The summed E-state index contributed by atoms with van der Waals surface area (Å²) in [5.41, 5.74) is 1.33. The molecule has 6 nitrogen and oxygen atoms in total. The number of rotatable bonds is 7. The molecule has 1 aliphatic carbocycles. The van der Waals surface area contributed by atoms with Gasteiger partial charge in [-0.05, 0) is 52.5 Å². The Morgan fingerprint density at radius 1 is 1.28 bits per heavy atom. The number of nitrogens with one attached hydrogen (secondary N) is 1. The van der Waals surface area contributed by atoms with Crippen LogP contribution in [0.25, 0.3) is 0 Å². The average Bonchev–Trinajstić information content (AvgIpc) is 3.38. The Morgan fingerprint density at radius 2 is 2.00 bits per heavy atom. The molecule has 1 heterocycles. The van der Waals surface area contributed by atoms with Crippen molar-refractivity contribution in [1.82, 2.24) is 9.88 Å². The lowest BCUT2D eigenvalue weighted by Crippen LogP contribution is -2.36. The second kappa shape index (κ2) is 7.74. The van der Waals surface area contributed by atoms with Gasteiger partial charge in [0.25, 0.3) is 5.91 Å². The first-order valence-corrected chi connectivity index (χ1v) is 8.79. The highest BCUT2D eigenvalue weighted by atomic mass is 79.9. The highest BCUT2D eigenvalue weighted by Crippen LogP contribution is 2.29. The normalized spacial score (nSPS) is 13.4. The van der Waals surface area contributed by atoms with E-state index in [4.69, 9.17) is 9.47 Å². The van der Waals surface area contributed by atoms with Gasteiger partial charge in [0.2, 0.25) is 0 Å². The summed E-state index contributed by atoms with van der Waals surface area (Å²) < 4.78 is 11.0. The molecule has 1 amide bonds. The number of carbonyl (C=O) groups is 2. The molecule has 0 unspecified atom stereocenters. The van der Waals surface area contributed by atoms with E-state index in [-0.39, 0.29) is 18.6 Å². The average molecular weight is 407 g/mol. The van der Waals surface area contributed by atoms with Crippen molar-refractivity contribution in [2.45, 2.75) is 25.4 Å². The molecule has 1 aromatic heterocycles. The van der Waals surface area contributed by atoms with Crippen LogP contribution in [0.15, 0.2) is 41.0 Å². The van der Waals surface area contributed by atoms with Crippen molar-refractivity contribution >= 4 is 27.8 Å². The Morgan fingerprint density at radius 3 is 2.56 bits per heavy atom. The highest BCUT2D eigenvalue weighted by molar-refractivity contribution is 9.10. The van der Waals surface area contributed by atoms with Crippen molar-refractivity contribution in [3.05, 3.63) is 52.3 Å². The summed E-state index contributed by atoms with van der Waals surface area (Å²) in [6, 6.07) is 9.45. The summed E-state index contributed by atoms with van der Waals surface area (Å²) in [6.07, 6.45) is 3.61. The van der Waals surface area contributed by atoms with Gasteiger partial charge in [-0.1, -0.05) is 12.1 Å². The summed E-state index contributed by atoms with van der Waals surface area (Å²) in [4.78, 5) is 29.0. The van der Waals surface area contributed by atoms with Gasteiger partial charge in [0.05, 0.1) is 7.11 Å². The lowest BCUT2D eigenvalue weighted by atomic mass is 10.2. The van der Waals surface area contributed by atoms with E-state index in [1.54, 1.807) is 24.3 Å². The first-order chi connectivity index (χ1) is 12.1. The molecule has 0 bridgehead atoms. The number of carbonyl (C=O) groups excluding carboxylic acids is 2. The maximum atomic E-state index is 12.5. The summed E-state index contributed by atoms with van der Waals surface area (Å²) in [5, 5.41) is 0. The van der Waals surface area contributed by atoms with Gasteiger partial charge in [-0.15, -0.1) is 0 Å². The number of halogens is 1. The molecule has 1 fully saturated rings. The third kappa shape index (κ3) is 4.63. The van der Waals surface area contributed by atoms with Crippen molar-refractivity contribution < 1.29 is 19.1 Å². The van der Waals surface area contributed by atoms with Crippen LogP contribution < -0.4 is 4.74 Å². The van der Waals surface area contributed by atoms with Crippen LogP contribution in [0, 0.1) is 0 Å².